The number of benzene rings is 2. The van der Waals surface area contributed by atoms with Crippen molar-refractivity contribution in [3.63, 3.8) is 0 Å². The van der Waals surface area contributed by atoms with Crippen LogP contribution in [0.15, 0.2) is 36.4 Å². The quantitative estimate of drug-likeness (QED) is 0.903. The highest BCUT2D eigenvalue weighted by atomic mass is 35.5. The SMILES string of the molecule is COc1cccc(CCNC(=O)c2cc(Cl)c3c(c2)OCCO3)c1. The molecule has 2 aromatic rings. The van der Waals surface area contributed by atoms with Crippen LogP contribution in [0.5, 0.6) is 17.2 Å². The molecule has 24 heavy (non-hydrogen) atoms. The fraction of sp³-hybridized carbons (Fsp3) is 0.278. The molecule has 1 aliphatic rings. The standard InChI is InChI=1S/C18H18ClNO4/c1-22-14-4-2-3-12(9-14)5-6-20-18(21)13-10-15(19)17-16(11-13)23-7-8-24-17/h2-4,9-11H,5-8H2,1H3,(H,20,21). The van der Waals surface area contributed by atoms with Gasteiger partial charge in [0.2, 0.25) is 0 Å². The molecule has 0 atom stereocenters. The number of carbonyl (C=O) groups is 1. The van der Waals surface area contributed by atoms with Gasteiger partial charge in [0.05, 0.1) is 12.1 Å². The van der Waals surface area contributed by atoms with Crippen molar-refractivity contribution in [1.29, 1.82) is 0 Å². The molecular formula is C18H18ClNO4. The van der Waals surface area contributed by atoms with E-state index in [0.29, 0.717) is 48.3 Å². The lowest BCUT2D eigenvalue weighted by molar-refractivity contribution is 0.0953. The topological polar surface area (TPSA) is 56.8 Å². The molecule has 0 bridgehead atoms. The third-order valence-corrected chi connectivity index (χ3v) is 3.97. The first-order valence-electron chi connectivity index (χ1n) is 7.67. The van der Waals surface area contributed by atoms with Crippen LogP contribution >= 0.6 is 11.6 Å². The third-order valence-electron chi connectivity index (χ3n) is 3.69. The first-order valence-corrected chi connectivity index (χ1v) is 8.05. The summed E-state index contributed by atoms with van der Waals surface area (Å²) in [5, 5.41) is 3.26. The third kappa shape index (κ3) is 3.74. The highest BCUT2D eigenvalue weighted by molar-refractivity contribution is 6.32. The Morgan fingerprint density at radius 1 is 1.25 bits per heavy atom. The zero-order valence-corrected chi connectivity index (χ0v) is 14.1. The van der Waals surface area contributed by atoms with Crippen LogP contribution in [-0.2, 0) is 6.42 Å². The largest absolute Gasteiger partial charge is 0.497 e. The number of amides is 1. The summed E-state index contributed by atoms with van der Waals surface area (Å²) < 4.78 is 16.1. The Labute approximate surface area is 145 Å². The minimum absolute atomic E-state index is 0.197. The van der Waals surface area contributed by atoms with Crippen molar-refractivity contribution in [2.24, 2.45) is 0 Å². The monoisotopic (exact) mass is 347 g/mol. The van der Waals surface area contributed by atoms with E-state index < -0.39 is 0 Å². The smallest absolute Gasteiger partial charge is 0.251 e. The van der Waals surface area contributed by atoms with Crippen LogP contribution in [0.3, 0.4) is 0 Å². The van der Waals surface area contributed by atoms with E-state index in [0.717, 1.165) is 11.3 Å². The second-order valence-corrected chi connectivity index (χ2v) is 5.75. The second kappa shape index (κ2) is 7.45. The van der Waals surface area contributed by atoms with E-state index in [1.54, 1.807) is 19.2 Å². The van der Waals surface area contributed by atoms with Gasteiger partial charge in [0.25, 0.3) is 5.91 Å². The molecule has 3 rings (SSSR count). The summed E-state index contributed by atoms with van der Waals surface area (Å²) in [6, 6.07) is 11.0. The molecule has 5 nitrogen and oxygen atoms in total. The number of hydrogen-bond acceptors (Lipinski definition) is 4. The van der Waals surface area contributed by atoms with Gasteiger partial charge in [-0.2, -0.15) is 0 Å². The molecule has 1 amide bonds. The Morgan fingerprint density at radius 3 is 2.92 bits per heavy atom. The Kier molecular flexibility index (Phi) is 5.11. The molecule has 0 spiro atoms. The number of nitrogens with one attached hydrogen (secondary N) is 1. The number of carbonyl (C=O) groups excluding carboxylic acids is 1. The molecular weight excluding hydrogens is 330 g/mol. The Hall–Kier alpha value is -2.40. The minimum Gasteiger partial charge on any atom is -0.497 e. The van der Waals surface area contributed by atoms with Crippen molar-refractivity contribution in [3.05, 3.63) is 52.5 Å². The minimum atomic E-state index is -0.197. The predicted octanol–water partition coefficient (Wildman–Crippen LogP) is 3.09. The Morgan fingerprint density at radius 2 is 2.08 bits per heavy atom. The van der Waals surface area contributed by atoms with Gasteiger partial charge in [-0.3, -0.25) is 4.79 Å². The summed E-state index contributed by atoms with van der Waals surface area (Å²) >= 11 is 6.16. The molecule has 1 aliphatic heterocycles. The van der Waals surface area contributed by atoms with E-state index in [2.05, 4.69) is 5.32 Å². The van der Waals surface area contributed by atoms with Crippen LogP contribution in [0, 0.1) is 0 Å². The Balaban J connectivity index is 1.62. The van der Waals surface area contributed by atoms with Crippen LogP contribution < -0.4 is 19.5 Å². The van der Waals surface area contributed by atoms with Crippen molar-refractivity contribution in [2.75, 3.05) is 26.9 Å². The van der Waals surface area contributed by atoms with Crippen molar-refractivity contribution in [1.82, 2.24) is 5.32 Å². The molecule has 6 heteroatoms. The maximum Gasteiger partial charge on any atom is 0.251 e. The molecule has 0 saturated carbocycles. The van der Waals surface area contributed by atoms with Gasteiger partial charge in [-0.1, -0.05) is 23.7 Å². The van der Waals surface area contributed by atoms with E-state index in [1.807, 2.05) is 24.3 Å². The average molecular weight is 348 g/mol. The lowest BCUT2D eigenvalue weighted by Crippen LogP contribution is -2.26. The summed E-state index contributed by atoms with van der Waals surface area (Å²) in [6.45, 7) is 1.42. The molecule has 0 aromatic heterocycles. The van der Waals surface area contributed by atoms with E-state index in [-0.39, 0.29) is 5.91 Å². The number of halogens is 1. The van der Waals surface area contributed by atoms with E-state index in [9.17, 15) is 4.79 Å². The lowest BCUT2D eigenvalue weighted by Gasteiger charge is -2.20. The summed E-state index contributed by atoms with van der Waals surface area (Å²) in [5.41, 5.74) is 1.55. The average Bonchev–Trinajstić information content (AvgIpc) is 2.62. The number of fused-ring (bicyclic) bond motifs is 1. The normalized spacial score (nSPS) is 12.6. The van der Waals surface area contributed by atoms with Crippen LogP contribution in [0.4, 0.5) is 0 Å². The second-order valence-electron chi connectivity index (χ2n) is 5.34. The van der Waals surface area contributed by atoms with E-state index in [4.69, 9.17) is 25.8 Å². The first kappa shape index (κ1) is 16.5. The van der Waals surface area contributed by atoms with Gasteiger partial charge in [0.1, 0.15) is 19.0 Å². The van der Waals surface area contributed by atoms with Crippen molar-refractivity contribution >= 4 is 17.5 Å². The number of ether oxygens (including phenoxy) is 3. The van der Waals surface area contributed by atoms with Crippen molar-refractivity contribution in [2.45, 2.75) is 6.42 Å². The van der Waals surface area contributed by atoms with Gasteiger partial charge in [-0.25, -0.2) is 0 Å². The highest BCUT2D eigenvalue weighted by Gasteiger charge is 2.19. The molecule has 1 heterocycles. The maximum atomic E-state index is 12.3. The van der Waals surface area contributed by atoms with Crippen LogP contribution in [0.25, 0.3) is 0 Å². The van der Waals surface area contributed by atoms with Crippen LogP contribution in [0.1, 0.15) is 15.9 Å². The molecule has 2 aromatic carbocycles. The highest BCUT2D eigenvalue weighted by Crippen LogP contribution is 2.38. The summed E-state index contributed by atoms with van der Waals surface area (Å²) in [6.07, 6.45) is 0.710. The van der Waals surface area contributed by atoms with Gasteiger partial charge in [-0.15, -0.1) is 0 Å². The van der Waals surface area contributed by atoms with Crippen molar-refractivity contribution < 1.29 is 19.0 Å². The van der Waals surface area contributed by atoms with E-state index >= 15 is 0 Å². The van der Waals surface area contributed by atoms with Gasteiger partial charge in [0, 0.05) is 12.1 Å². The molecule has 0 unspecified atom stereocenters. The fourth-order valence-corrected chi connectivity index (χ4v) is 2.76. The first-order chi connectivity index (χ1) is 11.7. The summed E-state index contributed by atoms with van der Waals surface area (Å²) in [7, 11) is 1.63. The number of hydrogen-bond donors (Lipinski definition) is 1. The molecule has 0 aliphatic carbocycles. The molecule has 1 N–H and O–H groups in total. The van der Waals surface area contributed by atoms with Gasteiger partial charge < -0.3 is 19.5 Å². The zero-order chi connectivity index (χ0) is 16.9. The fourth-order valence-electron chi connectivity index (χ4n) is 2.49. The molecule has 0 radical (unpaired) electrons. The summed E-state index contributed by atoms with van der Waals surface area (Å²) in [5.74, 6) is 1.61. The lowest BCUT2D eigenvalue weighted by atomic mass is 10.1. The zero-order valence-electron chi connectivity index (χ0n) is 13.3. The van der Waals surface area contributed by atoms with Gasteiger partial charge >= 0.3 is 0 Å². The van der Waals surface area contributed by atoms with E-state index in [1.165, 1.54) is 0 Å². The Bertz CT molecular complexity index is 748. The molecule has 0 fully saturated rings. The number of methoxy groups -OCH3 is 1. The number of rotatable bonds is 5. The predicted molar refractivity (Wildman–Crippen MR) is 91.5 cm³/mol. The molecule has 126 valence electrons. The molecule has 0 saturated heterocycles. The van der Waals surface area contributed by atoms with Crippen LogP contribution in [-0.4, -0.2) is 32.8 Å². The van der Waals surface area contributed by atoms with Crippen LogP contribution in [0.2, 0.25) is 5.02 Å². The van der Waals surface area contributed by atoms with Gasteiger partial charge in [0.15, 0.2) is 11.5 Å². The maximum absolute atomic E-state index is 12.3. The summed E-state index contributed by atoms with van der Waals surface area (Å²) in [4.78, 5) is 12.3. The van der Waals surface area contributed by atoms with Crippen molar-refractivity contribution in [3.8, 4) is 17.2 Å². The van der Waals surface area contributed by atoms with Gasteiger partial charge in [-0.05, 0) is 36.2 Å².